The van der Waals surface area contributed by atoms with Crippen molar-refractivity contribution in [3.05, 3.63) is 23.8 Å². The van der Waals surface area contributed by atoms with Crippen LogP contribution in [0, 0.1) is 0 Å². The van der Waals surface area contributed by atoms with Gasteiger partial charge in [0.05, 0.1) is 5.69 Å². The Labute approximate surface area is 71.3 Å². The van der Waals surface area contributed by atoms with Crippen LogP contribution in [-0.2, 0) is 6.42 Å². The molecule has 0 aliphatic carbocycles. The predicted octanol–water partition coefficient (Wildman–Crippen LogP) is 0.531. The maximum atomic E-state index is 5.73. The van der Waals surface area contributed by atoms with Crippen LogP contribution in [0.2, 0.25) is 0 Å². The van der Waals surface area contributed by atoms with Crippen molar-refractivity contribution in [2.24, 2.45) is 5.73 Å². The van der Waals surface area contributed by atoms with Gasteiger partial charge in [0.25, 0.3) is 0 Å². The summed E-state index contributed by atoms with van der Waals surface area (Å²) in [6.45, 7) is 0.571. The molecule has 0 saturated carbocycles. The molecule has 0 radical (unpaired) electrons. The second-order valence-corrected chi connectivity index (χ2v) is 3.11. The van der Waals surface area contributed by atoms with Crippen LogP contribution in [0.4, 0.5) is 5.69 Å². The van der Waals surface area contributed by atoms with E-state index >= 15 is 0 Å². The number of nitrogen functional groups attached to an aromatic ring is 1. The number of nitrogens with two attached hydrogens (primary N) is 2. The van der Waals surface area contributed by atoms with Crippen molar-refractivity contribution >= 4 is 5.69 Å². The van der Waals surface area contributed by atoms with Crippen molar-refractivity contribution in [2.75, 3.05) is 12.3 Å². The summed E-state index contributed by atoms with van der Waals surface area (Å²) in [4.78, 5) is 0. The Hall–Kier alpha value is -1.22. The van der Waals surface area contributed by atoms with Crippen LogP contribution in [0.1, 0.15) is 5.56 Å². The van der Waals surface area contributed by atoms with Gasteiger partial charge in [0.1, 0.15) is 12.4 Å². The second-order valence-electron chi connectivity index (χ2n) is 3.11. The van der Waals surface area contributed by atoms with E-state index in [0.717, 1.165) is 17.7 Å². The highest BCUT2D eigenvalue weighted by molar-refractivity contribution is 5.57. The SMILES string of the molecule is Nc1cccc2c1OCC(N)C2. The third kappa shape index (κ3) is 1.12. The Kier molecular flexibility index (Phi) is 1.66. The first-order valence-electron chi connectivity index (χ1n) is 4.03. The third-order valence-electron chi connectivity index (χ3n) is 2.05. The fourth-order valence-electron chi connectivity index (χ4n) is 1.47. The molecule has 64 valence electrons. The fourth-order valence-corrected chi connectivity index (χ4v) is 1.47. The van der Waals surface area contributed by atoms with Gasteiger partial charge in [0, 0.05) is 6.04 Å². The first-order chi connectivity index (χ1) is 5.77. The van der Waals surface area contributed by atoms with E-state index in [1.165, 1.54) is 0 Å². The van der Waals surface area contributed by atoms with Gasteiger partial charge in [0.15, 0.2) is 0 Å². The molecule has 1 aromatic carbocycles. The molecule has 0 aromatic heterocycles. The lowest BCUT2D eigenvalue weighted by Crippen LogP contribution is -2.34. The maximum Gasteiger partial charge on any atom is 0.145 e. The third-order valence-corrected chi connectivity index (χ3v) is 2.05. The standard InChI is InChI=1S/C9H12N2O/c10-7-4-6-2-1-3-8(11)9(6)12-5-7/h1-3,7H,4-5,10-11H2. The number of anilines is 1. The molecule has 1 heterocycles. The molecule has 0 spiro atoms. The topological polar surface area (TPSA) is 61.3 Å². The largest absolute Gasteiger partial charge is 0.490 e. The summed E-state index contributed by atoms with van der Waals surface area (Å²) in [6.07, 6.45) is 0.861. The molecule has 4 N–H and O–H groups in total. The number of para-hydroxylation sites is 1. The van der Waals surface area contributed by atoms with Crippen molar-refractivity contribution in [3.63, 3.8) is 0 Å². The molecule has 1 aliphatic heterocycles. The summed E-state index contributed by atoms with van der Waals surface area (Å²) in [5, 5.41) is 0. The number of fused-ring (bicyclic) bond motifs is 1. The quantitative estimate of drug-likeness (QED) is 0.550. The van der Waals surface area contributed by atoms with Crippen LogP contribution < -0.4 is 16.2 Å². The highest BCUT2D eigenvalue weighted by Gasteiger charge is 2.17. The van der Waals surface area contributed by atoms with E-state index in [4.69, 9.17) is 16.2 Å². The van der Waals surface area contributed by atoms with Gasteiger partial charge in [-0.1, -0.05) is 12.1 Å². The Morgan fingerprint density at radius 1 is 1.42 bits per heavy atom. The predicted molar refractivity (Wildman–Crippen MR) is 48.0 cm³/mol. The number of ether oxygens (including phenoxy) is 1. The number of rotatable bonds is 0. The molecule has 0 bridgehead atoms. The Morgan fingerprint density at radius 2 is 2.25 bits per heavy atom. The number of hydrogen-bond donors (Lipinski definition) is 2. The van der Waals surface area contributed by atoms with E-state index in [1.54, 1.807) is 0 Å². The van der Waals surface area contributed by atoms with E-state index < -0.39 is 0 Å². The van der Waals surface area contributed by atoms with E-state index in [9.17, 15) is 0 Å². The molecule has 3 heteroatoms. The Bertz CT molecular complexity index is 299. The van der Waals surface area contributed by atoms with Crippen molar-refractivity contribution in [1.29, 1.82) is 0 Å². The van der Waals surface area contributed by atoms with E-state index in [-0.39, 0.29) is 6.04 Å². The highest BCUT2D eigenvalue weighted by atomic mass is 16.5. The van der Waals surface area contributed by atoms with E-state index in [2.05, 4.69) is 0 Å². The second kappa shape index (κ2) is 2.68. The lowest BCUT2D eigenvalue weighted by molar-refractivity contribution is 0.265. The van der Waals surface area contributed by atoms with Gasteiger partial charge in [-0.25, -0.2) is 0 Å². The zero-order valence-electron chi connectivity index (χ0n) is 6.79. The van der Waals surface area contributed by atoms with Crippen LogP contribution >= 0.6 is 0 Å². The lowest BCUT2D eigenvalue weighted by Gasteiger charge is -2.23. The average molecular weight is 164 g/mol. The van der Waals surface area contributed by atoms with E-state index in [1.807, 2.05) is 18.2 Å². The molecule has 0 fully saturated rings. The smallest absolute Gasteiger partial charge is 0.145 e. The summed E-state index contributed by atoms with van der Waals surface area (Å²) in [5.74, 6) is 0.819. The molecule has 1 atom stereocenters. The van der Waals surface area contributed by atoms with Crippen LogP contribution in [0.15, 0.2) is 18.2 Å². The fraction of sp³-hybridized carbons (Fsp3) is 0.333. The van der Waals surface area contributed by atoms with Gasteiger partial charge in [0.2, 0.25) is 0 Å². The lowest BCUT2D eigenvalue weighted by atomic mass is 10.0. The molecule has 1 unspecified atom stereocenters. The van der Waals surface area contributed by atoms with Crippen molar-refractivity contribution in [1.82, 2.24) is 0 Å². The van der Waals surface area contributed by atoms with Crippen LogP contribution in [0.5, 0.6) is 5.75 Å². The van der Waals surface area contributed by atoms with Gasteiger partial charge in [-0.05, 0) is 18.1 Å². The molecule has 3 nitrogen and oxygen atoms in total. The summed E-state index contributed by atoms with van der Waals surface area (Å²) in [5.41, 5.74) is 13.3. The minimum atomic E-state index is 0.110. The van der Waals surface area contributed by atoms with Crippen LogP contribution in [-0.4, -0.2) is 12.6 Å². The van der Waals surface area contributed by atoms with Crippen molar-refractivity contribution in [3.8, 4) is 5.75 Å². The molecule has 0 amide bonds. The van der Waals surface area contributed by atoms with Gasteiger partial charge in [-0.3, -0.25) is 0 Å². The van der Waals surface area contributed by atoms with Gasteiger partial charge >= 0.3 is 0 Å². The zero-order valence-corrected chi connectivity index (χ0v) is 6.79. The molecule has 2 rings (SSSR count). The first kappa shape index (κ1) is 7.43. The number of benzene rings is 1. The Morgan fingerprint density at radius 3 is 3.08 bits per heavy atom. The molecule has 1 aromatic rings. The average Bonchev–Trinajstić information content (AvgIpc) is 2.04. The summed E-state index contributed by atoms with van der Waals surface area (Å²) < 4.78 is 5.42. The molecular formula is C9H12N2O. The monoisotopic (exact) mass is 164 g/mol. The van der Waals surface area contributed by atoms with E-state index in [0.29, 0.717) is 12.3 Å². The molecule has 12 heavy (non-hydrogen) atoms. The van der Waals surface area contributed by atoms with Gasteiger partial charge in [-0.2, -0.15) is 0 Å². The maximum absolute atomic E-state index is 5.73. The van der Waals surface area contributed by atoms with Crippen molar-refractivity contribution in [2.45, 2.75) is 12.5 Å². The van der Waals surface area contributed by atoms with Crippen molar-refractivity contribution < 1.29 is 4.74 Å². The summed E-state index contributed by atoms with van der Waals surface area (Å²) in [6, 6.07) is 5.88. The first-order valence-corrected chi connectivity index (χ1v) is 4.03. The Balaban J connectivity index is 2.42. The zero-order chi connectivity index (χ0) is 8.55. The minimum Gasteiger partial charge on any atom is -0.490 e. The summed E-state index contributed by atoms with van der Waals surface area (Å²) in [7, 11) is 0. The summed E-state index contributed by atoms with van der Waals surface area (Å²) >= 11 is 0. The van der Waals surface area contributed by atoms with Crippen LogP contribution in [0.25, 0.3) is 0 Å². The molecule has 0 saturated heterocycles. The van der Waals surface area contributed by atoms with Gasteiger partial charge in [-0.15, -0.1) is 0 Å². The van der Waals surface area contributed by atoms with Gasteiger partial charge < -0.3 is 16.2 Å². The number of hydrogen-bond acceptors (Lipinski definition) is 3. The minimum absolute atomic E-state index is 0.110. The highest BCUT2D eigenvalue weighted by Crippen LogP contribution is 2.29. The molecule has 1 aliphatic rings. The normalized spacial score (nSPS) is 21.2. The molecular weight excluding hydrogens is 152 g/mol. The van der Waals surface area contributed by atoms with Crippen LogP contribution in [0.3, 0.4) is 0 Å².